The van der Waals surface area contributed by atoms with Gasteiger partial charge in [0, 0.05) is 24.6 Å². The van der Waals surface area contributed by atoms with Gasteiger partial charge in [0.15, 0.2) is 0 Å². The molecule has 0 saturated carbocycles. The van der Waals surface area contributed by atoms with Gasteiger partial charge in [-0.3, -0.25) is 4.79 Å². The van der Waals surface area contributed by atoms with E-state index in [1.165, 1.54) is 4.90 Å². The maximum absolute atomic E-state index is 13.8. The van der Waals surface area contributed by atoms with E-state index in [1.807, 2.05) is 0 Å². The van der Waals surface area contributed by atoms with Gasteiger partial charge in [-0.2, -0.15) is 0 Å². The van der Waals surface area contributed by atoms with Crippen LogP contribution in [0.2, 0.25) is 0 Å². The molecule has 3 nitrogen and oxygen atoms in total. The summed E-state index contributed by atoms with van der Waals surface area (Å²) < 4.78 is 27.1. The van der Waals surface area contributed by atoms with Crippen LogP contribution < -0.4 is 5.73 Å². The molecular weight excluding hydrogens is 238 g/mol. The van der Waals surface area contributed by atoms with Crippen molar-refractivity contribution in [2.24, 2.45) is 5.73 Å². The van der Waals surface area contributed by atoms with Gasteiger partial charge < -0.3 is 10.6 Å². The fourth-order valence-corrected chi connectivity index (χ4v) is 2.49. The molecule has 2 rings (SSSR count). The van der Waals surface area contributed by atoms with E-state index >= 15 is 0 Å². The van der Waals surface area contributed by atoms with Crippen LogP contribution in [0.3, 0.4) is 0 Å². The zero-order valence-electron chi connectivity index (χ0n) is 10.2. The number of carbonyl (C=O) groups excluding carboxylic acids is 1. The number of piperidine rings is 1. The smallest absolute Gasteiger partial charge is 0.223 e. The van der Waals surface area contributed by atoms with Crippen LogP contribution in [0.4, 0.5) is 8.78 Å². The Hall–Kier alpha value is -1.49. The molecule has 18 heavy (non-hydrogen) atoms. The number of hydrogen-bond acceptors (Lipinski definition) is 2. The number of hydrogen-bond donors (Lipinski definition) is 1. The highest BCUT2D eigenvalue weighted by atomic mass is 19.1. The van der Waals surface area contributed by atoms with Gasteiger partial charge in [0.2, 0.25) is 5.91 Å². The molecule has 1 fully saturated rings. The van der Waals surface area contributed by atoms with E-state index in [0.29, 0.717) is 19.4 Å². The Labute approximate surface area is 105 Å². The van der Waals surface area contributed by atoms with Gasteiger partial charge in [-0.1, -0.05) is 0 Å². The lowest BCUT2D eigenvalue weighted by Gasteiger charge is -2.39. The predicted octanol–water partition coefficient (Wildman–Crippen LogP) is 1.98. The fraction of sp³-hybridized carbons (Fsp3) is 0.462. The average molecular weight is 254 g/mol. The summed E-state index contributed by atoms with van der Waals surface area (Å²) in [6.07, 6.45) is 0.860. The molecule has 0 aliphatic carbocycles. The third-order valence-electron chi connectivity index (χ3n) is 3.37. The normalized spacial score (nSPS) is 24.4. The Morgan fingerprint density at radius 2 is 2.17 bits per heavy atom. The lowest BCUT2D eigenvalue weighted by Crippen LogP contribution is -2.49. The first-order valence-corrected chi connectivity index (χ1v) is 6.04. The monoisotopic (exact) mass is 254 g/mol. The first-order chi connectivity index (χ1) is 8.54. The molecule has 1 aliphatic heterocycles. The summed E-state index contributed by atoms with van der Waals surface area (Å²) in [5.74, 6) is -1.11. The van der Waals surface area contributed by atoms with Crippen LogP contribution in [-0.4, -0.2) is 23.4 Å². The Bertz CT molecular complexity index is 464. The summed E-state index contributed by atoms with van der Waals surface area (Å²) in [5, 5.41) is 0. The summed E-state index contributed by atoms with van der Waals surface area (Å²) in [4.78, 5) is 13.3. The van der Waals surface area contributed by atoms with Crippen molar-refractivity contribution in [3.8, 4) is 0 Å². The van der Waals surface area contributed by atoms with Crippen LogP contribution in [0.25, 0.3) is 0 Å². The number of benzene rings is 1. The molecule has 1 aromatic rings. The van der Waals surface area contributed by atoms with Crippen molar-refractivity contribution >= 4 is 5.91 Å². The molecule has 0 bridgehead atoms. The minimum absolute atomic E-state index is 0.0622. The quantitative estimate of drug-likeness (QED) is 0.877. The summed E-state index contributed by atoms with van der Waals surface area (Å²) >= 11 is 0. The molecule has 1 heterocycles. The van der Waals surface area contributed by atoms with Gasteiger partial charge in [0.1, 0.15) is 11.6 Å². The molecular formula is C13H16F2N2O. The first kappa shape index (κ1) is 13.0. The molecule has 0 radical (unpaired) electrons. The zero-order chi connectivity index (χ0) is 13.3. The molecule has 1 saturated heterocycles. The molecule has 2 N–H and O–H groups in total. The number of nitrogens with two attached hydrogens (primary N) is 1. The molecule has 0 spiro atoms. The van der Waals surface area contributed by atoms with Crippen molar-refractivity contribution in [1.82, 2.24) is 4.90 Å². The van der Waals surface area contributed by atoms with E-state index in [0.717, 1.165) is 18.2 Å². The standard InChI is InChI=1S/C13H16F2N2O/c1-2-17-12(18)6-5-11(16)13(17)9-7-8(14)3-4-10(9)15/h3-4,7,11,13H,2,5-6,16H2,1H3. The van der Waals surface area contributed by atoms with E-state index in [4.69, 9.17) is 5.73 Å². The lowest BCUT2D eigenvalue weighted by molar-refractivity contribution is -0.137. The van der Waals surface area contributed by atoms with Crippen molar-refractivity contribution in [2.45, 2.75) is 31.8 Å². The highest BCUT2D eigenvalue weighted by molar-refractivity contribution is 5.77. The van der Waals surface area contributed by atoms with Gasteiger partial charge in [0.05, 0.1) is 6.04 Å². The lowest BCUT2D eigenvalue weighted by atomic mass is 9.90. The number of likely N-dealkylation sites (tertiary alicyclic amines) is 1. The zero-order valence-corrected chi connectivity index (χ0v) is 10.2. The SMILES string of the molecule is CCN1C(=O)CCC(N)C1c1cc(F)ccc1F. The van der Waals surface area contributed by atoms with Crippen molar-refractivity contribution in [1.29, 1.82) is 0 Å². The molecule has 1 aliphatic rings. The molecule has 2 atom stereocenters. The third kappa shape index (κ3) is 2.22. The number of rotatable bonds is 2. The fourth-order valence-electron chi connectivity index (χ4n) is 2.49. The van der Waals surface area contributed by atoms with E-state index in [9.17, 15) is 13.6 Å². The van der Waals surface area contributed by atoms with Crippen LogP contribution in [0.5, 0.6) is 0 Å². The molecule has 0 aromatic heterocycles. The minimum atomic E-state index is -0.577. The van der Waals surface area contributed by atoms with E-state index < -0.39 is 17.7 Å². The van der Waals surface area contributed by atoms with Crippen molar-refractivity contribution in [3.05, 3.63) is 35.4 Å². The Kier molecular flexibility index (Phi) is 3.61. The first-order valence-electron chi connectivity index (χ1n) is 6.04. The Morgan fingerprint density at radius 3 is 2.83 bits per heavy atom. The number of carbonyl (C=O) groups is 1. The third-order valence-corrected chi connectivity index (χ3v) is 3.37. The van der Waals surface area contributed by atoms with E-state index in [2.05, 4.69) is 0 Å². The second-order valence-electron chi connectivity index (χ2n) is 4.49. The highest BCUT2D eigenvalue weighted by Gasteiger charge is 2.35. The summed E-state index contributed by atoms with van der Waals surface area (Å²) in [6, 6.07) is 2.32. The molecule has 5 heteroatoms. The number of nitrogens with zero attached hydrogens (tertiary/aromatic N) is 1. The molecule has 2 unspecified atom stereocenters. The van der Waals surface area contributed by atoms with Gasteiger partial charge in [-0.05, 0) is 31.5 Å². The van der Waals surface area contributed by atoms with Crippen molar-refractivity contribution < 1.29 is 13.6 Å². The van der Waals surface area contributed by atoms with Crippen molar-refractivity contribution in [2.75, 3.05) is 6.54 Å². The summed E-state index contributed by atoms with van der Waals surface area (Å²) in [6.45, 7) is 2.24. The second kappa shape index (κ2) is 5.02. The van der Waals surface area contributed by atoms with E-state index in [1.54, 1.807) is 6.92 Å². The van der Waals surface area contributed by atoms with Crippen LogP contribution in [0.1, 0.15) is 31.4 Å². The number of likely N-dealkylation sites (N-methyl/N-ethyl adjacent to an activating group) is 1. The summed E-state index contributed by atoms with van der Waals surface area (Å²) in [5.41, 5.74) is 6.14. The van der Waals surface area contributed by atoms with Crippen LogP contribution >= 0.6 is 0 Å². The Morgan fingerprint density at radius 1 is 1.44 bits per heavy atom. The maximum Gasteiger partial charge on any atom is 0.223 e. The predicted molar refractivity (Wildman–Crippen MR) is 63.7 cm³/mol. The van der Waals surface area contributed by atoms with Gasteiger partial charge in [-0.15, -0.1) is 0 Å². The highest BCUT2D eigenvalue weighted by Crippen LogP contribution is 2.32. The van der Waals surface area contributed by atoms with Crippen LogP contribution in [0.15, 0.2) is 18.2 Å². The molecule has 98 valence electrons. The molecule has 1 aromatic carbocycles. The molecule has 1 amide bonds. The van der Waals surface area contributed by atoms with Crippen LogP contribution in [-0.2, 0) is 4.79 Å². The Balaban J connectivity index is 2.44. The van der Waals surface area contributed by atoms with Crippen LogP contribution in [0, 0.1) is 11.6 Å². The summed E-state index contributed by atoms with van der Waals surface area (Å²) in [7, 11) is 0. The topological polar surface area (TPSA) is 46.3 Å². The van der Waals surface area contributed by atoms with Gasteiger partial charge >= 0.3 is 0 Å². The number of amides is 1. The number of halogens is 2. The van der Waals surface area contributed by atoms with E-state index in [-0.39, 0.29) is 17.5 Å². The van der Waals surface area contributed by atoms with Gasteiger partial charge in [0.25, 0.3) is 0 Å². The average Bonchev–Trinajstić information content (AvgIpc) is 2.35. The minimum Gasteiger partial charge on any atom is -0.334 e. The largest absolute Gasteiger partial charge is 0.334 e. The van der Waals surface area contributed by atoms with Gasteiger partial charge in [-0.25, -0.2) is 8.78 Å². The van der Waals surface area contributed by atoms with Crippen molar-refractivity contribution in [3.63, 3.8) is 0 Å². The second-order valence-corrected chi connectivity index (χ2v) is 4.49. The maximum atomic E-state index is 13.8.